The summed E-state index contributed by atoms with van der Waals surface area (Å²) in [5.41, 5.74) is 1.53. The van der Waals surface area contributed by atoms with Crippen LogP contribution in [0.25, 0.3) is 10.4 Å². The highest BCUT2D eigenvalue weighted by molar-refractivity contribution is 7.15. The molecule has 0 radical (unpaired) electrons. The predicted octanol–water partition coefficient (Wildman–Crippen LogP) is 4.32. The van der Waals surface area contributed by atoms with Gasteiger partial charge in [0.25, 0.3) is 0 Å². The van der Waals surface area contributed by atoms with Crippen molar-refractivity contribution < 1.29 is 4.74 Å². The maximum Gasteiger partial charge on any atom is 0.0652 e. The molecule has 1 aromatic carbocycles. The number of hydrogen-bond acceptors (Lipinski definition) is 3. The zero-order chi connectivity index (χ0) is 14.9. The molecule has 2 aromatic rings. The van der Waals surface area contributed by atoms with Crippen LogP contribution in [0.1, 0.15) is 25.1 Å². The van der Waals surface area contributed by atoms with Crippen molar-refractivity contribution in [2.45, 2.75) is 39.0 Å². The molecule has 1 aliphatic carbocycles. The van der Waals surface area contributed by atoms with Gasteiger partial charge in [-0.25, -0.2) is 0 Å². The van der Waals surface area contributed by atoms with Gasteiger partial charge in [-0.3, -0.25) is 0 Å². The van der Waals surface area contributed by atoms with E-state index in [1.165, 1.54) is 15.3 Å². The average Bonchev–Trinajstić information content (AvgIpc) is 2.96. The molecule has 1 fully saturated rings. The first-order chi connectivity index (χ1) is 10.1. The fourth-order valence-electron chi connectivity index (χ4n) is 3.09. The van der Waals surface area contributed by atoms with Gasteiger partial charge in [0.15, 0.2) is 0 Å². The van der Waals surface area contributed by atoms with Crippen molar-refractivity contribution >= 4 is 11.3 Å². The van der Waals surface area contributed by atoms with E-state index in [4.69, 9.17) is 4.74 Å². The second-order valence-corrected chi connectivity index (χ2v) is 7.52. The SMILES string of the molecule is COC1CC(NCc2ccc(-c3ccccc3)s2)C1(C)C. The minimum absolute atomic E-state index is 0.230. The maximum atomic E-state index is 5.51. The number of thiophene rings is 1. The normalized spacial score (nSPS) is 23.8. The smallest absolute Gasteiger partial charge is 0.0652 e. The van der Waals surface area contributed by atoms with Gasteiger partial charge in [0.05, 0.1) is 6.10 Å². The molecular weight excluding hydrogens is 278 g/mol. The zero-order valence-corrected chi connectivity index (χ0v) is 13.7. The standard InChI is InChI=1S/C18H23NOS/c1-18(2)16(11-17(18)20-3)19-12-14-9-10-15(21-14)13-7-5-4-6-8-13/h4-10,16-17,19H,11-12H2,1-3H3. The largest absolute Gasteiger partial charge is 0.381 e. The molecule has 1 N–H and O–H groups in total. The summed E-state index contributed by atoms with van der Waals surface area (Å²) in [6, 6.07) is 15.6. The summed E-state index contributed by atoms with van der Waals surface area (Å²) in [4.78, 5) is 2.74. The first-order valence-corrected chi connectivity index (χ1v) is 8.33. The van der Waals surface area contributed by atoms with Crippen LogP contribution in [0, 0.1) is 5.41 Å². The second kappa shape index (κ2) is 5.91. The van der Waals surface area contributed by atoms with Crippen LogP contribution in [0.4, 0.5) is 0 Å². The molecular formula is C18H23NOS. The van der Waals surface area contributed by atoms with E-state index in [-0.39, 0.29) is 5.41 Å². The van der Waals surface area contributed by atoms with E-state index in [2.05, 4.69) is 61.6 Å². The molecule has 1 heterocycles. The van der Waals surface area contributed by atoms with E-state index >= 15 is 0 Å². The van der Waals surface area contributed by atoms with Crippen LogP contribution >= 0.6 is 11.3 Å². The zero-order valence-electron chi connectivity index (χ0n) is 12.9. The summed E-state index contributed by atoms with van der Waals surface area (Å²) >= 11 is 1.88. The van der Waals surface area contributed by atoms with Gasteiger partial charge in [-0.15, -0.1) is 11.3 Å². The van der Waals surface area contributed by atoms with Gasteiger partial charge >= 0.3 is 0 Å². The van der Waals surface area contributed by atoms with Gasteiger partial charge in [-0.05, 0) is 24.1 Å². The molecule has 2 unspecified atom stereocenters. The van der Waals surface area contributed by atoms with Crippen LogP contribution in [0.2, 0.25) is 0 Å². The van der Waals surface area contributed by atoms with Crippen molar-refractivity contribution in [3.8, 4) is 10.4 Å². The minimum Gasteiger partial charge on any atom is -0.381 e. The number of ether oxygens (including phenoxy) is 1. The molecule has 1 aromatic heterocycles. The first-order valence-electron chi connectivity index (χ1n) is 7.51. The van der Waals surface area contributed by atoms with Gasteiger partial charge in [-0.1, -0.05) is 44.2 Å². The van der Waals surface area contributed by atoms with E-state index in [1.807, 2.05) is 18.4 Å². The number of rotatable bonds is 5. The average molecular weight is 301 g/mol. The molecule has 1 saturated carbocycles. The maximum absolute atomic E-state index is 5.51. The van der Waals surface area contributed by atoms with E-state index < -0.39 is 0 Å². The molecule has 112 valence electrons. The van der Waals surface area contributed by atoms with Gasteiger partial charge in [0, 0.05) is 34.9 Å². The summed E-state index contributed by atoms with van der Waals surface area (Å²) in [5.74, 6) is 0. The molecule has 2 nitrogen and oxygen atoms in total. The van der Waals surface area contributed by atoms with Crippen molar-refractivity contribution in [1.29, 1.82) is 0 Å². The highest BCUT2D eigenvalue weighted by Crippen LogP contribution is 2.42. The van der Waals surface area contributed by atoms with E-state index in [1.54, 1.807) is 0 Å². The number of methoxy groups -OCH3 is 1. The highest BCUT2D eigenvalue weighted by atomic mass is 32.1. The summed E-state index contributed by atoms with van der Waals surface area (Å²) in [5, 5.41) is 3.69. The Hall–Kier alpha value is -1.16. The minimum atomic E-state index is 0.230. The summed E-state index contributed by atoms with van der Waals surface area (Å²) in [7, 11) is 1.81. The second-order valence-electron chi connectivity index (χ2n) is 6.35. The number of benzene rings is 1. The van der Waals surface area contributed by atoms with Crippen molar-refractivity contribution in [3.05, 3.63) is 47.3 Å². The quantitative estimate of drug-likeness (QED) is 0.888. The van der Waals surface area contributed by atoms with Crippen LogP contribution in [-0.4, -0.2) is 19.3 Å². The molecule has 0 aliphatic heterocycles. The molecule has 0 amide bonds. The summed E-state index contributed by atoms with van der Waals surface area (Å²) in [6.45, 7) is 5.51. The lowest BCUT2D eigenvalue weighted by atomic mass is 9.64. The van der Waals surface area contributed by atoms with Crippen molar-refractivity contribution in [3.63, 3.8) is 0 Å². The third kappa shape index (κ3) is 2.91. The van der Waals surface area contributed by atoms with Crippen molar-refractivity contribution in [2.75, 3.05) is 7.11 Å². The van der Waals surface area contributed by atoms with E-state index in [0.29, 0.717) is 12.1 Å². The molecule has 0 saturated heterocycles. The summed E-state index contributed by atoms with van der Waals surface area (Å²) < 4.78 is 5.51. The van der Waals surface area contributed by atoms with Gasteiger partial charge in [-0.2, -0.15) is 0 Å². The van der Waals surface area contributed by atoms with Gasteiger partial charge in [0.2, 0.25) is 0 Å². The van der Waals surface area contributed by atoms with Crippen LogP contribution in [0.15, 0.2) is 42.5 Å². The Labute approximate surface area is 131 Å². The lowest BCUT2D eigenvalue weighted by Gasteiger charge is -2.51. The fourth-order valence-corrected chi connectivity index (χ4v) is 4.05. The Morgan fingerprint density at radius 3 is 2.62 bits per heavy atom. The third-order valence-electron chi connectivity index (χ3n) is 4.70. The topological polar surface area (TPSA) is 21.3 Å². The fraction of sp³-hybridized carbons (Fsp3) is 0.444. The molecule has 3 heteroatoms. The van der Waals surface area contributed by atoms with Crippen LogP contribution in [0.5, 0.6) is 0 Å². The van der Waals surface area contributed by atoms with E-state index in [0.717, 1.165) is 13.0 Å². The Morgan fingerprint density at radius 1 is 1.19 bits per heavy atom. The van der Waals surface area contributed by atoms with Crippen LogP contribution < -0.4 is 5.32 Å². The van der Waals surface area contributed by atoms with E-state index in [9.17, 15) is 0 Å². The number of hydrogen-bond donors (Lipinski definition) is 1. The van der Waals surface area contributed by atoms with Crippen LogP contribution in [0.3, 0.4) is 0 Å². The Balaban J connectivity index is 1.59. The Morgan fingerprint density at radius 2 is 1.95 bits per heavy atom. The monoisotopic (exact) mass is 301 g/mol. The predicted molar refractivity (Wildman–Crippen MR) is 89.6 cm³/mol. The Bertz CT molecular complexity index is 590. The lowest BCUT2D eigenvalue weighted by molar-refractivity contribution is -0.0978. The van der Waals surface area contributed by atoms with Gasteiger partial charge in [0.1, 0.15) is 0 Å². The highest BCUT2D eigenvalue weighted by Gasteiger charge is 2.48. The van der Waals surface area contributed by atoms with Crippen LogP contribution in [-0.2, 0) is 11.3 Å². The summed E-state index contributed by atoms with van der Waals surface area (Å²) in [6.07, 6.45) is 1.50. The molecule has 0 bridgehead atoms. The molecule has 21 heavy (non-hydrogen) atoms. The lowest BCUT2D eigenvalue weighted by Crippen LogP contribution is -2.60. The third-order valence-corrected chi connectivity index (χ3v) is 5.84. The molecule has 3 rings (SSSR count). The first kappa shape index (κ1) is 14.8. The molecule has 0 spiro atoms. The van der Waals surface area contributed by atoms with Crippen molar-refractivity contribution in [1.82, 2.24) is 5.32 Å². The Kier molecular flexibility index (Phi) is 4.16. The van der Waals surface area contributed by atoms with Crippen molar-refractivity contribution in [2.24, 2.45) is 5.41 Å². The molecule has 1 aliphatic rings. The number of nitrogens with one attached hydrogen (secondary N) is 1. The van der Waals surface area contributed by atoms with Gasteiger partial charge < -0.3 is 10.1 Å². The molecule has 2 atom stereocenters.